The van der Waals surface area contributed by atoms with Crippen LogP contribution in [-0.4, -0.2) is 14.5 Å². The number of aryl methyl sites for hydroxylation is 2. The topological polar surface area (TPSA) is 50.7 Å². The van der Waals surface area contributed by atoms with Crippen LogP contribution < -0.4 is 5.56 Å². The van der Waals surface area contributed by atoms with Crippen LogP contribution in [0.1, 0.15) is 23.7 Å². The van der Waals surface area contributed by atoms with Gasteiger partial charge in [-0.15, -0.1) is 0 Å². The quantitative estimate of drug-likeness (QED) is 0.591. The van der Waals surface area contributed by atoms with E-state index in [4.69, 9.17) is 0 Å². The molecule has 0 aliphatic rings. The van der Waals surface area contributed by atoms with Crippen molar-refractivity contribution in [3.8, 4) is 0 Å². The number of hydrogen-bond acceptors (Lipinski definition) is 3. The van der Waals surface area contributed by atoms with Gasteiger partial charge in [0.05, 0.1) is 5.52 Å². The molecule has 0 aliphatic carbocycles. The van der Waals surface area contributed by atoms with Crippen LogP contribution in [0.25, 0.3) is 11.0 Å². The van der Waals surface area contributed by atoms with Gasteiger partial charge in [-0.1, -0.05) is 41.6 Å². The van der Waals surface area contributed by atoms with Crippen molar-refractivity contribution in [3.05, 3.63) is 57.5 Å². The molecule has 1 N–H and O–H groups in total. The van der Waals surface area contributed by atoms with Crippen LogP contribution >= 0.6 is 11.8 Å². The predicted octanol–water partition coefficient (Wildman–Crippen LogP) is 3.65. The maximum absolute atomic E-state index is 12.5. The van der Waals surface area contributed by atoms with Gasteiger partial charge in [-0.2, -0.15) is 0 Å². The molecule has 0 atom stereocenters. The van der Waals surface area contributed by atoms with Crippen LogP contribution in [0.3, 0.4) is 0 Å². The lowest BCUT2D eigenvalue weighted by Crippen LogP contribution is -2.22. The van der Waals surface area contributed by atoms with E-state index < -0.39 is 0 Å². The van der Waals surface area contributed by atoms with Crippen LogP contribution in [0.2, 0.25) is 0 Å². The number of H-pyrrole nitrogens is 1. The second-order valence-electron chi connectivity index (χ2n) is 5.43. The lowest BCUT2D eigenvalue weighted by Gasteiger charge is -2.10. The second kappa shape index (κ2) is 6.01. The average Bonchev–Trinajstić information content (AvgIpc) is 2.86. The van der Waals surface area contributed by atoms with Crippen LogP contribution in [0.5, 0.6) is 0 Å². The molecule has 0 fully saturated rings. The summed E-state index contributed by atoms with van der Waals surface area (Å²) in [5, 5.41) is 0.778. The van der Waals surface area contributed by atoms with Gasteiger partial charge >= 0.3 is 0 Å². The molecule has 0 spiro atoms. The first kappa shape index (κ1) is 14.9. The van der Waals surface area contributed by atoms with E-state index in [1.54, 1.807) is 16.3 Å². The number of thioether (sulfide) groups is 1. The minimum absolute atomic E-state index is 0.00680. The Morgan fingerprint density at radius 1 is 1.27 bits per heavy atom. The van der Waals surface area contributed by atoms with Crippen molar-refractivity contribution < 1.29 is 0 Å². The number of aromatic nitrogens is 3. The zero-order chi connectivity index (χ0) is 15.7. The molecule has 5 heteroatoms. The third kappa shape index (κ3) is 2.81. The molecule has 0 amide bonds. The second-order valence-corrected chi connectivity index (χ2v) is 6.38. The Labute approximate surface area is 133 Å². The molecule has 22 heavy (non-hydrogen) atoms. The number of fused-ring (bicyclic) bond motifs is 1. The van der Waals surface area contributed by atoms with E-state index in [0.717, 1.165) is 22.1 Å². The lowest BCUT2D eigenvalue weighted by molar-refractivity contribution is 0.633. The first-order chi connectivity index (χ1) is 10.6. The number of nitrogens with zero attached hydrogens (tertiary/aromatic N) is 2. The van der Waals surface area contributed by atoms with Crippen LogP contribution in [-0.2, 0) is 12.3 Å². The number of benzene rings is 1. The minimum Gasteiger partial charge on any atom is -0.353 e. The van der Waals surface area contributed by atoms with Crippen molar-refractivity contribution in [1.82, 2.24) is 14.5 Å². The van der Waals surface area contributed by atoms with E-state index in [-0.39, 0.29) is 5.56 Å². The normalized spacial score (nSPS) is 11.2. The van der Waals surface area contributed by atoms with Crippen molar-refractivity contribution in [2.24, 2.45) is 0 Å². The summed E-state index contributed by atoms with van der Waals surface area (Å²) >= 11 is 1.61. The monoisotopic (exact) mass is 313 g/mol. The van der Waals surface area contributed by atoms with Crippen molar-refractivity contribution in [2.45, 2.75) is 38.2 Å². The fraction of sp³-hybridized carbons (Fsp3) is 0.294. The molecule has 114 valence electrons. The molecule has 0 radical (unpaired) electrons. The largest absolute Gasteiger partial charge is 0.353 e. The Kier molecular flexibility index (Phi) is 4.07. The number of nitrogens with one attached hydrogen (secondary N) is 1. The van der Waals surface area contributed by atoms with Crippen LogP contribution in [0.15, 0.2) is 40.3 Å². The standard InChI is InChI=1S/C17H19N3OS/c1-4-20-16(21)15-14(9-12(3)18-15)19-17(20)22-10-13-7-5-6-11(2)8-13/h5-9,18H,4,10H2,1-3H3. The molecule has 1 aromatic carbocycles. The van der Waals surface area contributed by atoms with Gasteiger partial charge in [-0.25, -0.2) is 4.98 Å². The Bertz CT molecular complexity index is 879. The van der Waals surface area contributed by atoms with Crippen LogP contribution in [0, 0.1) is 13.8 Å². The predicted molar refractivity (Wildman–Crippen MR) is 91.5 cm³/mol. The molecule has 0 bridgehead atoms. The summed E-state index contributed by atoms with van der Waals surface area (Å²) in [6, 6.07) is 10.3. The SMILES string of the molecule is CCn1c(SCc2cccc(C)c2)nc2cc(C)[nH]c2c1=O. The zero-order valence-electron chi connectivity index (χ0n) is 13.0. The Hall–Kier alpha value is -2.01. The van der Waals surface area contributed by atoms with Crippen LogP contribution in [0.4, 0.5) is 0 Å². The van der Waals surface area contributed by atoms with Crippen molar-refractivity contribution in [3.63, 3.8) is 0 Å². The molecule has 3 rings (SSSR count). The number of aromatic amines is 1. The molecule has 2 aromatic heterocycles. The molecule has 0 saturated carbocycles. The van der Waals surface area contributed by atoms with Gasteiger partial charge in [0.25, 0.3) is 5.56 Å². The molecule has 0 saturated heterocycles. The van der Waals surface area contributed by atoms with E-state index in [1.807, 2.05) is 19.9 Å². The van der Waals surface area contributed by atoms with Gasteiger partial charge in [-0.3, -0.25) is 9.36 Å². The van der Waals surface area contributed by atoms with Gasteiger partial charge in [0.15, 0.2) is 5.16 Å². The summed E-state index contributed by atoms with van der Waals surface area (Å²) in [7, 11) is 0. The third-order valence-corrected chi connectivity index (χ3v) is 4.65. The summed E-state index contributed by atoms with van der Waals surface area (Å²) in [6.45, 7) is 6.62. The maximum Gasteiger partial charge on any atom is 0.278 e. The van der Waals surface area contributed by atoms with E-state index in [2.05, 4.69) is 41.2 Å². The molecule has 4 nitrogen and oxygen atoms in total. The average molecular weight is 313 g/mol. The highest BCUT2D eigenvalue weighted by atomic mass is 32.2. The first-order valence-electron chi connectivity index (χ1n) is 7.37. The molecule has 0 aliphatic heterocycles. The Balaban J connectivity index is 1.97. The maximum atomic E-state index is 12.5. The summed E-state index contributed by atoms with van der Waals surface area (Å²) in [6.07, 6.45) is 0. The summed E-state index contributed by atoms with van der Waals surface area (Å²) < 4.78 is 1.73. The summed E-state index contributed by atoms with van der Waals surface area (Å²) in [5.41, 5.74) is 4.80. The first-order valence-corrected chi connectivity index (χ1v) is 8.35. The number of hydrogen-bond donors (Lipinski definition) is 1. The van der Waals surface area contributed by atoms with E-state index in [9.17, 15) is 4.79 Å². The number of rotatable bonds is 4. The van der Waals surface area contributed by atoms with E-state index in [1.165, 1.54) is 11.1 Å². The highest BCUT2D eigenvalue weighted by Gasteiger charge is 2.12. The zero-order valence-corrected chi connectivity index (χ0v) is 13.8. The summed E-state index contributed by atoms with van der Waals surface area (Å²) in [5.74, 6) is 0.809. The van der Waals surface area contributed by atoms with Gasteiger partial charge in [0, 0.05) is 18.0 Å². The van der Waals surface area contributed by atoms with E-state index in [0.29, 0.717) is 12.1 Å². The molecule has 0 unspecified atom stereocenters. The lowest BCUT2D eigenvalue weighted by atomic mass is 10.2. The van der Waals surface area contributed by atoms with Gasteiger partial charge in [0.2, 0.25) is 0 Å². The smallest absolute Gasteiger partial charge is 0.278 e. The Morgan fingerprint density at radius 3 is 2.82 bits per heavy atom. The van der Waals surface area contributed by atoms with Crippen molar-refractivity contribution in [1.29, 1.82) is 0 Å². The minimum atomic E-state index is 0.00680. The van der Waals surface area contributed by atoms with Gasteiger partial charge in [0.1, 0.15) is 5.52 Å². The highest BCUT2D eigenvalue weighted by Crippen LogP contribution is 2.22. The Morgan fingerprint density at radius 2 is 2.09 bits per heavy atom. The van der Waals surface area contributed by atoms with Crippen molar-refractivity contribution >= 4 is 22.8 Å². The fourth-order valence-corrected chi connectivity index (χ4v) is 3.56. The van der Waals surface area contributed by atoms with Gasteiger partial charge < -0.3 is 4.98 Å². The third-order valence-electron chi connectivity index (χ3n) is 3.60. The summed E-state index contributed by atoms with van der Waals surface area (Å²) in [4.78, 5) is 20.3. The van der Waals surface area contributed by atoms with E-state index >= 15 is 0 Å². The van der Waals surface area contributed by atoms with Crippen molar-refractivity contribution in [2.75, 3.05) is 0 Å². The molecular formula is C17H19N3OS. The highest BCUT2D eigenvalue weighted by molar-refractivity contribution is 7.98. The molecular weight excluding hydrogens is 294 g/mol. The molecule has 3 aromatic rings. The molecule has 2 heterocycles. The van der Waals surface area contributed by atoms with Gasteiger partial charge in [-0.05, 0) is 32.4 Å². The fourth-order valence-electron chi connectivity index (χ4n) is 2.55.